The molecule has 2 rings (SSSR count). The number of hydrogen-bond donors (Lipinski definition) is 1. The van der Waals surface area contributed by atoms with Gasteiger partial charge in [0.2, 0.25) is 0 Å². The molecule has 0 spiro atoms. The Morgan fingerprint density at radius 1 is 1.21 bits per heavy atom. The number of benzene rings is 1. The molecule has 19 heavy (non-hydrogen) atoms. The first-order valence-corrected chi connectivity index (χ1v) is 7.41. The highest BCUT2D eigenvalue weighted by molar-refractivity contribution is 9.10. The fourth-order valence-electron chi connectivity index (χ4n) is 1.91. The van der Waals surface area contributed by atoms with Crippen LogP contribution in [-0.4, -0.2) is 12.0 Å². The van der Waals surface area contributed by atoms with E-state index >= 15 is 0 Å². The lowest BCUT2D eigenvalue weighted by atomic mass is 10.0. The molecule has 2 aromatic rings. The molecule has 0 saturated carbocycles. The first-order chi connectivity index (χ1) is 9.08. The van der Waals surface area contributed by atoms with Gasteiger partial charge in [-0.15, -0.1) is 0 Å². The Morgan fingerprint density at radius 2 is 2.00 bits per heavy atom. The van der Waals surface area contributed by atoms with E-state index in [1.165, 1.54) is 6.07 Å². The first-order valence-electron chi connectivity index (χ1n) is 5.82. The maximum absolute atomic E-state index is 13.4. The highest BCUT2D eigenvalue weighted by Gasteiger charge is 2.12. The minimum absolute atomic E-state index is 0.0572. The standard InChI is InChI=1S/C14H13Br2FN2/c1-18-14(13-3-2-10(15)8-19-13)6-9-4-11(16)7-12(17)5-9/h2-5,7-8,14,18H,6H2,1H3. The van der Waals surface area contributed by atoms with Crippen molar-refractivity contribution in [2.24, 2.45) is 0 Å². The van der Waals surface area contributed by atoms with E-state index in [1.807, 2.05) is 25.2 Å². The second-order valence-corrected chi connectivity index (χ2v) is 6.06. The Labute approximate surface area is 128 Å². The van der Waals surface area contributed by atoms with Gasteiger partial charge in [-0.05, 0) is 65.3 Å². The van der Waals surface area contributed by atoms with Gasteiger partial charge in [-0.2, -0.15) is 0 Å². The van der Waals surface area contributed by atoms with Crippen molar-refractivity contribution in [2.75, 3.05) is 7.05 Å². The molecule has 0 amide bonds. The summed E-state index contributed by atoms with van der Waals surface area (Å²) in [6, 6.07) is 8.89. The number of nitrogens with one attached hydrogen (secondary N) is 1. The molecule has 1 aromatic carbocycles. The number of rotatable bonds is 4. The fraction of sp³-hybridized carbons (Fsp3) is 0.214. The third-order valence-corrected chi connectivity index (χ3v) is 3.74. The van der Waals surface area contributed by atoms with Gasteiger partial charge in [-0.1, -0.05) is 15.9 Å². The van der Waals surface area contributed by atoms with E-state index in [0.717, 1.165) is 20.2 Å². The number of hydrogen-bond acceptors (Lipinski definition) is 2. The smallest absolute Gasteiger partial charge is 0.124 e. The van der Waals surface area contributed by atoms with Crippen molar-refractivity contribution in [3.05, 3.63) is 62.5 Å². The molecule has 0 bridgehead atoms. The van der Waals surface area contributed by atoms with Crippen molar-refractivity contribution in [1.82, 2.24) is 10.3 Å². The molecule has 0 saturated heterocycles. The van der Waals surface area contributed by atoms with E-state index in [2.05, 4.69) is 42.2 Å². The Bertz CT molecular complexity index is 538. The molecule has 1 aromatic heterocycles. The van der Waals surface area contributed by atoms with Gasteiger partial charge in [0.15, 0.2) is 0 Å². The van der Waals surface area contributed by atoms with Crippen LogP contribution in [0.5, 0.6) is 0 Å². The molecule has 1 atom stereocenters. The molecular weight excluding hydrogens is 375 g/mol. The number of halogens is 3. The normalized spacial score (nSPS) is 12.4. The molecule has 2 nitrogen and oxygen atoms in total. The Balaban J connectivity index is 2.21. The highest BCUT2D eigenvalue weighted by atomic mass is 79.9. The van der Waals surface area contributed by atoms with Crippen LogP contribution in [0, 0.1) is 5.82 Å². The summed E-state index contributed by atoms with van der Waals surface area (Å²) in [4.78, 5) is 4.38. The Hall–Kier alpha value is -0.780. The van der Waals surface area contributed by atoms with Crippen LogP contribution in [0.3, 0.4) is 0 Å². The van der Waals surface area contributed by atoms with Gasteiger partial charge in [0.05, 0.1) is 11.7 Å². The van der Waals surface area contributed by atoms with Crippen LogP contribution >= 0.6 is 31.9 Å². The lowest BCUT2D eigenvalue weighted by Crippen LogP contribution is -2.20. The van der Waals surface area contributed by atoms with Crippen LogP contribution in [0.4, 0.5) is 4.39 Å². The summed E-state index contributed by atoms with van der Waals surface area (Å²) >= 11 is 6.67. The van der Waals surface area contributed by atoms with E-state index in [1.54, 1.807) is 12.3 Å². The number of aromatic nitrogens is 1. The van der Waals surface area contributed by atoms with Crippen molar-refractivity contribution < 1.29 is 4.39 Å². The predicted molar refractivity (Wildman–Crippen MR) is 81.5 cm³/mol. The second-order valence-electron chi connectivity index (χ2n) is 4.22. The minimum Gasteiger partial charge on any atom is -0.311 e. The molecule has 0 radical (unpaired) electrons. The largest absolute Gasteiger partial charge is 0.311 e. The van der Waals surface area contributed by atoms with E-state index in [4.69, 9.17) is 0 Å². The van der Waals surface area contributed by atoms with Gasteiger partial charge < -0.3 is 5.32 Å². The summed E-state index contributed by atoms with van der Waals surface area (Å²) in [7, 11) is 1.88. The zero-order chi connectivity index (χ0) is 13.8. The summed E-state index contributed by atoms with van der Waals surface area (Å²) in [5, 5.41) is 3.21. The number of pyridine rings is 1. The summed E-state index contributed by atoms with van der Waals surface area (Å²) in [5.74, 6) is -0.233. The third-order valence-electron chi connectivity index (χ3n) is 2.82. The summed E-state index contributed by atoms with van der Waals surface area (Å²) < 4.78 is 15.1. The highest BCUT2D eigenvalue weighted by Crippen LogP contribution is 2.21. The Kier molecular flexibility index (Phi) is 5.07. The molecule has 0 fully saturated rings. The molecule has 0 aliphatic rings. The molecule has 1 N–H and O–H groups in total. The van der Waals surface area contributed by atoms with Crippen LogP contribution in [0.25, 0.3) is 0 Å². The molecule has 0 aliphatic carbocycles. The van der Waals surface area contributed by atoms with Gasteiger partial charge in [0.1, 0.15) is 5.82 Å². The molecule has 5 heteroatoms. The number of likely N-dealkylation sites (N-methyl/N-ethyl adjacent to an activating group) is 1. The molecular formula is C14H13Br2FN2. The van der Waals surface area contributed by atoms with Crippen molar-refractivity contribution in [2.45, 2.75) is 12.5 Å². The fourth-order valence-corrected chi connectivity index (χ4v) is 2.66. The van der Waals surface area contributed by atoms with E-state index in [-0.39, 0.29) is 11.9 Å². The summed E-state index contributed by atoms with van der Waals surface area (Å²) in [6.07, 6.45) is 2.45. The van der Waals surface area contributed by atoms with Gasteiger partial charge >= 0.3 is 0 Å². The second kappa shape index (κ2) is 6.59. The van der Waals surface area contributed by atoms with Crippen molar-refractivity contribution >= 4 is 31.9 Å². The van der Waals surface area contributed by atoms with E-state index in [0.29, 0.717) is 6.42 Å². The minimum atomic E-state index is -0.233. The SMILES string of the molecule is CNC(Cc1cc(F)cc(Br)c1)c1ccc(Br)cn1. The van der Waals surface area contributed by atoms with Crippen LogP contribution < -0.4 is 5.32 Å². The monoisotopic (exact) mass is 386 g/mol. The molecule has 100 valence electrons. The quantitative estimate of drug-likeness (QED) is 0.848. The van der Waals surface area contributed by atoms with Crippen LogP contribution in [0.2, 0.25) is 0 Å². The molecule has 1 heterocycles. The molecule has 0 aliphatic heterocycles. The zero-order valence-corrected chi connectivity index (χ0v) is 13.5. The summed E-state index contributed by atoms with van der Waals surface area (Å²) in [6.45, 7) is 0. The maximum Gasteiger partial charge on any atom is 0.124 e. The lowest BCUT2D eigenvalue weighted by molar-refractivity contribution is 0.570. The van der Waals surface area contributed by atoms with Crippen molar-refractivity contribution in [3.8, 4) is 0 Å². The van der Waals surface area contributed by atoms with Gasteiger partial charge in [-0.25, -0.2) is 4.39 Å². The maximum atomic E-state index is 13.4. The zero-order valence-electron chi connectivity index (χ0n) is 10.3. The number of nitrogens with zero attached hydrogens (tertiary/aromatic N) is 1. The van der Waals surface area contributed by atoms with Gasteiger partial charge in [0, 0.05) is 15.1 Å². The van der Waals surface area contributed by atoms with E-state index < -0.39 is 0 Å². The van der Waals surface area contributed by atoms with Gasteiger partial charge in [-0.3, -0.25) is 4.98 Å². The van der Waals surface area contributed by atoms with Gasteiger partial charge in [0.25, 0.3) is 0 Å². The van der Waals surface area contributed by atoms with Crippen LogP contribution in [-0.2, 0) is 6.42 Å². The average Bonchev–Trinajstić information content (AvgIpc) is 2.36. The van der Waals surface area contributed by atoms with Crippen molar-refractivity contribution in [1.29, 1.82) is 0 Å². The summed E-state index contributed by atoms with van der Waals surface area (Å²) in [5.41, 5.74) is 1.86. The third kappa shape index (κ3) is 4.09. The van der Waals surface area contributed by atoms with Crippen LogP contribution in [0.15, 0.2) is 45.5 Å². The average molecular weight is 388 g/mol. The Morgan fingerprint density at radius 3 is 2.58 bits per heavy atom. The predicted octanol–water partition coefficient (Wildman–Crippen LogP) is 4.25. The van der Waals surface area contributed by atoms with Crippen LogP contribution in [0.1, 0.15) is 17.3 Å². The lowest BCUT2D eigenvalue weighted by Gasteiger charge is -2.16. The van der Waals surface area contributed by atoms with Crippen molar-refractivity contribution in [3.63, 3.8) is 0 Å². The molecule has 1 unspecified atom stereocenters. The first kappa shape index (κ1) is 14.6. The topological polar surface area (TPSA) is 24.9 Å². The van der Waals surface area contributed by atoms with E-state index in [9.17, 15) is 4.39 Å².